The molecular weight excluding hydrogens is 394 g/mol. The number of H-pyrrole nitrogens is 1. The Bertz CT molecular complexity index is 970. The molecule has 0 spiro atoms. The third-order valence-corrected chi connectivity index (χ3v) is 6.07. The van der Waals surface area contributed by atoms with Crippen LogP contribution in [-0.4, -0.2) is 53.2 Å². The van der Waals surface area contributed by atoms with Gasteiger partial charge in [-0.2, -0.15) is 5.10 Å². The van der Waals surface area contributed by atoms with Crippen LogP contribution in [0.15, 0.2) is 54.7 Å². The predicted molar refractivity (Wildman–Crippen MR) is 120 cm³/mol. The summed E-state index contributed by atoms with van der Waals surface area (Å²) in [4.78, 5) is 4.86. The molecular formula is C25H30F2N4. The van der Waals surface area contributed by atoms with Crippen molar-refractivity contribution in [3.63, 3.8) is 0 Å². The summed E-state index contributed by atoms with van der Waals surface area (Å²) in [6, 6.07) is 13.5. The highest BCUT2D eigenvalue weighted by Crippen LogP contribution is 2.24. The number of likely N-dealkylation sites (tertiary alicyclic amines) is 1. The molecule has 1 saturated heterocycles. The molecule has 1 N–H and O–H groups in total. The summed E-state index contributed by atoms with van der Waals surface area (Å²) >= 11 is 0. The fourth-order valence-corrected chi connectivity index (χ4v) is 4.56. The number of aromatic nitrogens is 2. The molecule has 164 valence electrons. The van der Waals surface area contributed by atoms with Crippen LogP contribution in [0.1, 0.15) is 24.0 Å². The summed E-state index contributed by atoms with van der Waals surface area (Å²) in [5.74, 6) is 0.203. The molecule has 0 unspecified atom stereocenters. The summed E-state index contributed by atoms with van der Waals surface area (Å²) in [7, 11) is 2.14. The Balaban J connectivity index is 1.29. The second-order valence-electron chi connectivity index (χ2n) is 8.66. The molecule has 0 aliphatic carbocycles. The highest BCUT2D eigenvalue weighted by atomic mass is 19.1. The van der Waals surface area contributed by atoms with E-state index in [1.807, 2.05) is 24.4 Å². The summed E-state index contributed by atoms with van der Waals surface area (Å²) < 4.78 is 26.7. The van der Waals surface area contributed by atoms with Crippen LogP contribution in [0.2, 0.25) is 0 Å². The van der Waals surface area contributed by atoms with Crippen LogP contribution in [0.25, 0.3) is 11.3 Å². The van der Waals surface area contributed by atoms with Crippen LogP contribution in [0.5, 0.6) is 0 Å². The van der Waals surface area contributed by atoms with Gasteiger partial charge in [-0.25, -0.2) is 8.78 Å². The van der Waals surface area contributed by atoms with Gasteiger partial charge in [0.15, 0.2) is 0 Å². The molecule has 2 aromatic carbocycles. The van der Waals surface area contributed by atoms with E-state index in [1.165, 1.54) is 42.7 Å². The molecule has 1 atom stereocenters. The summed E-state index contributed by atoms with van der Waals surface area (Å²) in [6.45, 7) is 5.02. The maximum absolute atomic E-state index is 13.6. The topological polar surface area (TPSA) is 35.2 Å². The first-order valence-electron chi connectivity index (χ1n) is 11.0. The molecule has 1 aliphatic heterocycles. The largest absolute Gasteiger partial charge is 0.303 e. The molecule has 3 aromatic rings. The van der Waals surface area contributed by atoms with Crippen molar-refractivity contribution in [3.05, 3.63) is 77.5 Å². The van der Waals surface area contributed by atoms with Gasteiger partial charge in [0.1, 0.15) is 11.6 Å². The average Bonchev–Trinajstić information content (AvgIpc) is 3.21. The third kappa shape index (κ3) is 5.99. The number of nitrogens with one attached hydrogen (secondary N) is 1. The summed E-state index contributed by atoms with van der Waals surface area (Å²) in [6.07, 6.45) is 5.24. The van der Waals surface area contributed by atoms with Gasteiger partial charge in [0.25, 0.3) is 0 Å². The standard InChI is InChI=1S/C25H30F2N4/c1-30(18-22-15-28-29-25(22)21-5-2-6-24(27)14-21)16-20-4-3-12-31(17-20)13-11-19-7-9-23(26)10-8-19/h2,5-10,14-15,20H,3-4,11-13,16-18H2,1H3,(H,28,29)/t20-/m1/s1. The smallest absolute Gasteiger partial charge is 0.123 e. The number of aromatic amines is 1. The normalized spacial score (nSPS) is 17.4. The van der Waals surface area contributed by atoms with Gasteiger partial charge in [-0.15, -0.1) is 0 Å². The average molecular weight is 425 g/mol. The Labute approximate surface area is 182 Å². The van der Waals surface area contributed by atoms with Gasteiger partial charge < -0.3 is 9.80 Å². The number of rotatable bonds is 8. The van der Waals surface area contributed by atoms with Crippen molar-refractivity contribution in [1.29, 1.82) is 0 Å². The van der Waals surface area contributed by atoms with E-state index >= 15 is 0 Å². The molecule has 1 aromatic heterocycles. The van der Waals surface area contributed by atoms with E-state index < -0.39 is 0 Å². The number of nitrogens with zero attached hydrogens (tertiary/aromatic N) is 3. The van der Waals surface area contributed by atoms with E-state index in [1.54, 1.807) is 6.07 Å². The SMILES string of the molecule is CN(Cc1cn[nH]c1-c1cccc(F)c1)C[C@H]1CCCN(CCc2ccc(F)cc2)C1. The van der Waals surface area contributed by atoms with Crippen molar-refractivity contribution >= 4 is 0 Å². The summed E-state index contributed by atoms with van der Waals surface area (Å²) in [5, 5.41) is 7.22. The number of hydrogen-bond donors (Lipinski definition) is 1. The van der Waals surface area contributed by atoms with Crippen LogP contribution < -0.4 is 0 Å². The lowest BCUT2D eigenvalue weighted by molar-refractivity contribution is 0.142. The van der Waals surface area contributed by atoms with E-state index in [0.29, 0.717) is 5.92 Å². The Morgan fingerprint density at radius 2 is 1.97 bits per heavy atom. The molecule has 1 fully saturated rings. The monoisotopic (exact) mass is 424 g/mol. The van der Waals surface area contributed by atoms with E-state index in [4.69, 9.17) is 0 Å². The van der Waals surface area contributed by atoms with E-state index in [0.717, 1.165) is 56.0 Å². The zero-order valence-electron chi connectivity index (χ0n) is 18.0. The molecule has 0 bridgehead atoms. The fraction of sp³-hybridized carbons (Fsp3) is 0.400. The zero-order chi connectivity index (χ0) is 21.6. The highest BCUT2D eigenvalue weighted by molar-refractivity contribution is 5.62. The van der Waals surface area contributed by atoms with Gasteiger partial charge >= 0.3 is 0 Å². The van der Waals surface area contributed by atoms with Crippen LogP contribution in [0, 0.1) is 17.6 Å². The van der Waals surface area contributed by atoms with Crippen molar-refractivity contribution in [2.24, 2.45) is 5.92 Å². The Kier molecular flexibility index (Phi) is 7.10. The lowest BCUT2D eigenvalue weighted by atomic mass is 9.96. The zero-order valence-corrected chi connectivity index (χ0v) is 18.0. The Morgan fingerprint density at radius 1 is 1.13 bits per heavy atom. The molecule has 6 heteroatoms. The Morgan fingerprint density at radius 3 is 2.77 bits per heavy atom. The molecule has 4 rings (SSSR count). The molecule has 0 radical (unpaired) electrons. The molecule has 1 aliphatic rings. The van der Waals surface area contributed by atoms with Crippen molar-refractivity contribution in [2.45, 2.75) is 25.8 Å². The molecule has 4 nitrogen and oxygen atoms in total. The number of hydrogen-bond acceptors (Lipinski definition) is 3. The van der Waals surface area contributed by atoms with Gasteiger partial charge in [-0.05, 0) is 68.6 Å². The van der Waals surface area contributed by atoms with E-state index in [-0.39, 0.29) is 11.6 Å². The lowest BCUT2D eigenvalue weighted by Gasteiger charge is -2.34. The van der Waals surface area contributed by atoms with Crippen molar-refractivity contribution < 1.29 is 8.78 Å². The van der Waals surface area contributed by atoms with Crippen molar-refractivity contribution in [2.75, 3.05) is 33.2 Å². The van der Waals surface area contributed by atoms with Crippen LogP contribution in [0.3, 0.4) is 0 Å². The molecule has 2 heterocycles. The molecule has 31 heavy (non-hydrogen) atoms. The van der Waals surface area contributed by atoms with Gasteiger partial charge in [0, 0.05) is 37.3 Å². The second kappa shape index (κ2) is 10.2. The lowest BCUT2D eigenvalue weighted by Crippen LogP contribution is -2.40. The van der Waals surface area contributed by atoms with E-state index in [9.17, 15) is 8.78 Å². The quantitative estimate of drug-likeness (QED) is 0.567. The minimum absolute atomic E-state index is 0.178. The first-order valence-corrected chi connectivity index (χ1v) is 11.0. The fourth-order valence-electron chi connectivity index (χ4n) is 4.56. The third-order valence-electron chi connectivity index (χ3n) is 6.07. The van der Waals surface area contributed by atoms with Crippen LogP contribution in [-0.2, 0) is 13.0 Å². The van der Waals surface area contributed by atoms with Crippen LogP contribution in [0.4, 0.5) is 8.78 Å². The number of benzene rings is 2. The van der Waals surface area contributed by atoms with Crippen molar-refractivity contribution in [3.8, 4) is 11.3 Å². The number of piperidine rings is 1. The van der Waals surface area contributed by atoms with Gasteiger partial charge in [-0.1, -0.05) is 24.3 Å². The summed E-state index contributed by atoms with van der Waals surface area (Å²) in [5.41, 5.74) is 3.98. The van der Waals surface area contributed by atoms with Gasteiger partial charge in [-0.3, -0.25) is 5.10 Å². The van der Waals surface area contributed by atoms with Gasteiger partial charge in [0.05, 0.1) is 11.9 Å². The van der Waals surface area contributed by atoms with E-state index in [2.05, 4.69) is 27.0 Å². The highest BCUT2D eigenvalue weighted by Gasteiger charge is 2.21. The maximum atomic E-state index is 13.6. The van der Waals surface area contributed by atoms with Gasteiger partial charge in [0.2, 0.25) is 0 Å². The molecule has 0 amide bonds. The first kappa shape index (κ1) is 21.7. The molecule has 0 saturated carbocycles. The van der Waals surface area contributed by atoms with Crippen molar-refractivity contribution in [1.82, 2.24) is 20.0 Å². The van der Waals surface area contributed by atoms with Crippen LogP contribution >= 0.6 is 0 Å². The first-order chi connectivity index (χ1) is 15.1. The maximum Gasteiger partial charge on any atom is 0.123 e. The minimum Gasteiger partial charge on any atom is -0.303 e. The predicted octanol–water partition coefficient (Wildman–Crippen LogP) is 4.74. The Hall–Kier alpha value is -2.57. The minimum atomic E-state index is -0.241. The number of halogens is 2. The second-order valence-corrected chi connectivity index (χ2v) is 8.66.